The van der Waals surface area contributed by atoms with Crippen LogP contribution in [0.5, 0.6) is 17.2 Å². The Morgan fingerprint density at radius 1 is 1.06 bits per heavy atom. The lowest BCUT2D eigenvalue weighted by molar-refractivity contribution is -0.140. The maximum atomic E-state index is 13.1. The number of amides is 1. The number of carbonyl (C=O) groups is 2. The Balaban J connectivity index is 1.89. The van der Waals surface area contributed by atoms with Gasteiger partial charge in [0.25, 0.3) is 11.7 Å². The van der Waals surface area contributed by atoms with Crippen LogP contribution in [0.4, 0.5) is 0 Å². The molecule has 1 aromatic heterocycles. The first-order valence-corrected chi connectivity index (χ1v) is 9.76. The molecule has 32 heavy (non-hydrogen) atoms. The number of aromatic hydroxyl groups is 1. The minimum atomic E-state index is -0.896. The second-order valence-corrected chi connectivity index (χ2v) is 7.16. The van der Waals surface area contributed by atoms with Gasteiger partial charge in [-0.1, -0.05) is 12.1 Å². The first-order chi connectivity index (χ1) is 15.4. The lowest BCUT2D eigenvalue weighted by atomic mass is 9.95. The zero-order valence-electron chi connectivity index (χ0n) is 17.4. The summed E-state index contributed by atoms with van der Waals surface area (Å²) in [5.74, 6) is -0.664. The van der Waals surface area contributed by atoms with Gasteiger partial charge >= 0.3 is 0 Å². The van der Waals surface area contributed by atoms with Gasteiger partial charge in [0.2, 0.25) is 0 Å². The molecule has 0 aliphatic carbocycles. The summed E-state index contributed by atoms with van der Waals surface area (Å²) in [7, 11) is 2.93. The number of phenolic OH excluding ortho intramolecular Hbond substituents is 1. The Morgan fingerprint density at radius 2 is 1.81 bits per heavy atom. The molecule has 0 bridgehead atoms. The van der Waals surface area contributed by atoms with Crippen molar-refractivity contribution in [2.24, 2.45) is 0 Å². The van der Waals surface area contributed by atoms with Gasteiger partial charge in [-0.3, -0.25) is 9.59 Å². The van der Waals surface area contributed by atoms with E-state index in [1.54, 1.807) is 42.5 Å². The third-order valence-corrected chi connectivity index (χ3v) is 5.32. The van der Waals surface area contributed by atoms with Crippen LogP contribution in [-0.2, 0) is 16.1 Å². The molecule has 1 aliphatic rings. The number of likely N-dealkylation sites (tertiary alicyclic amines) is 1. The summed E-state index contributed by atoms with van der Waals surface area (Å²) in [6.45, 7) is 0.0274. The fourth-order valence-electron chi connectivity index (χ4n) is 3.76. The van der Waals surface area contributed by atoms with Crippen molar-refractivity contribution >= 4 is 17.4 Å². The van der Waals surface area contributed by atoms with Gasteiger partial charge in [0.05, 0.1) is 44.2 Å². The number of hydrogen-bond acceptors (Lipinski definition) is 7. The molecule has 2 heterocycles. The Labute approximate surface area is 183 Å². The third-order valence-electron chi connectivity index (χ3n) is 5.32. The minimum Gasteiger partial charge on any atom is -0.508 e. The predicted molar refractivity (Wildman–Crippen MR) is 114 cm³/mol. The SMILES string of the molecule is COc1ccc(/C(O)=C2/C(=O)C(=O)N(Cc3ccco3)C2c2ccc(O)cc2)c(OC)c1. The van der Waals surface area contributed by atoms with Crippen LogP contribution in [0.3, 0.4) is 0 Å². The topological polar surface area (TPSA) is 109 Å². The molecule has 1 saturated heterocycles. The van der Waals surface area contributed by atoms with E-state index in [0.717, 1.165) is 0 Å². The first kappa shape index (κ1) is 21.0. The molecular formula is C24H21NO7. The van der Waals surface area contributed by atoms with E-state index in [-0.39, 0.29) is 34.9 Å². The minimum absolute atomic E-state index is 0.0274. The monoisotopic (exact) mass is 435 g/mol. The second-order valence-electron chi connectivity index (χ2n) is 7.16. The number of aliphatic hydroxyl groups excluding tert-OH is 1. The number of rotatable bonds is 6. The Kier molecular flexibility index (Phi) is 5.59. The molecule has 1 unspecified atom stereocenters. The van der Waals surface area contributed by atoms with Gasteiger partial charge in [-0.25, -0.2) is 0 Å². The van der Waals surface area contributed by atoms with Gasteiger partial charge in [-0.15, -0.1) is 0 Å². The number of ether oxygens (including phenoxy) is 2. The maximum absolute atomic E-state index is 13.1. The van der Waals surface area contributed by atoms with Crippen molar-refractivity contribution in [3.63, 3.8) is 0 Å². The van der Waals surface area contributed by atoms with Gasteiger partial charge in [0.15, 0.2) is 0 Å². The first-order valence-electron chi connectivity index (χ1n) is 9.76. The summed E-state index contributed by atoms with van der Waals surface area (Å²) in [4.78, 5) is 27.4. The van der Waals surface area contributed by atoms with Gasteiger partial charge in [0, 0.05) is 6.07 Å². The highest BCUT2D eigenvalue weighted by Gasteiger charge is 2.46. The molecule has 1 amide bonds. The summed E-state index contributed by atoms with van der Waals surface area (Å²) in [6.07, 6.45) is 1.48. The molecule has 1 aliphatic heterocycles. The summed E-state index contributed by atoms with van der Waals surface area (Å²) >= 11 is 0. The fraction of sp³-hybridized carbons (Fsp3) is 0.167. The van der Waals surface area contributed by atoms with Gasteiger partial charge in [-0.2, -0.15) is 0 Å². The van der Waals surface area contributed by atoms with E-state index in [1.165, 1.54) is 37.5 Å². The number of carbonyl (C=O) groups excluding carboxylic acids is 2. The maximum Gasteiger partial charge on any atom is 0.296 e. The van der Waals surface area contributed by atoms with Crippen molar-refractivity contribution in [1.29, 1.82) is 0 Å². The van der Waals surface area contributed by atoms with Crippen molar-refractivity contribution in [3.05, 3.63) is 83.3 Å². The van der Waals surface area contributed by atoms with Crippen LogP contribution in [0.1, 0.15) is 22.9 Å². The molecule has 0 radical (unpaired) electrons. The molecule has 2 N–H and O–H groups in total. The van der Waals surface area contributed by atoms with E-state index in [2.05, 4.69) is 0 Å². The van der Waals surface area contributed by atoms with Crippen molar-refractivity contribution in [3.8, 4) is 17.2 Å². The van der Waals surface area contributed by atoms with Gasteiger partial charge in [-0.05, 0) is 42.0 Å². The standard InChI is InChI=1S/C24H21NO7/c1-30-16-9-10-18(19(12-16)31-2)22(27)20-21(14-5-7-15(26)8-6-14)25(24(29)23(20)28)13-17-4-3-11-32-17/h3-12,21,26-27H,13H2,1-2H3/b22-20-. The normalized spacial score (nSPS) is 17.6. The molecule has 8 nitrogen and oxygen atoms in total. The number of benzene rings is 2. The highest BCUT2D eigenvalue weighted by molar-refractivity contribution is 6.46. The molecule has 2 aromatic carbocycles. The number of phenols is 1. The molecule has 1 atom stereocenters. The lowest BCUT2D eigenvalue weighted by Gasteiger charge is -2.24. The van der Waals surface area contributed by atoms with Crippen LogP contribution < -0.4 is 9.47 Å². The molecule has 0 saturated carbocycles. The highest BCUT2D eigenvalue weighted by Crippen LogP contribution is 2.42. The van der Waals surface area contributed by atoms with Crippen molar-refractivity contribution in [2.45, 2.75) is 12.6 Å². The Morgan fingerprint density at radius 3 is 2.44 bits per heavy atom. The number of aliphatic hydroxyl groups is 1. The largest absolute Gasteiger partial charge is 0.508 e. The van der Waals surface area contributed by atoms with Crippen LogP contribution in [0.2, 0.25) is 0 Å². The molecule has 1 fully saturated rings. The average Bonchev–Trinajstić information content (AvgIpc) is 3.41. The summed E-state index contributed by atoms with van der Waals surface area (Å²) < 4.78 is 15.9. The zero-order chi connectivity index (χ0) is 22.8. The lowest BCUT2D eigenvalue weighted by Crippen LogP contribution is -2.29. The Bertz CT molecular complexity index is 1180. The third kappa shape index (κ3) is 3.66. The number of Topliss-reactive ketones (excluding diaryl/α,β-unsaturated/α-hetero) is 1. The fourth-order valence-corrected chi connectivity index (χ4v) is 3.76. The van der Waals surface area contributed by atoms with Crippen molar-refractivity contribution in [1.82, 2.24) is 4.90 Å². The van der Waals surface area contributed by atoms with Crippen LogP contribution in [0.25, 0.3) is 5.76 Å². The number of hydrogen-bond donors (Lipinski definition) is 2. The average molecular weight is 435 g/mol. The van der Waals surface area contributed by atoms with Crippen LogP contribution >= 0.6 is 0 Å². The Hall–Kier alpha value is -4.20. The smallest absolute Gasteiger partial charge is 0.296 e. The number of furan rings is 1. The van der Waals surface area contributed by atoms with Crippen molar-refractivity contribution in [2.75, 3.05) is 14.2 Å². The number of ketones is 1. The van der Waals surface area contributed by atoms with Crippen LogP contribution in [-0.4, -0.2) is 41.0 Å². The summed E-state index contributed by atoms with van der Waals surface area (Å²) in [5.41, 5.74) is 0.700. The van der Waals surface area contributed by atoms with Crippen LogP contribution in [0, 0.1) is 0 Å². The van der Waals surface area contributed by atoms with Crippen LogP contribution in [0.15, 0.2) is 70.9 Å². The predicted octanol–water partition coefficient (Wildman–Crippen LogP) is 3.62. The molecule has 8 heteroatoms. The highest BCUT2D eigenvalue weighted by atomic mass is 16.5. The van der Waals surface area contributed by atoms with Gasteiger partial charge < -0.3 is 29.0 Å². The van der Waals surface area contributed by atoms with E-state index in [4.69, 9.17) is 13.9 Å². The van der Waals surface area contributed by atoms with Gasteiger partial charge in [0.1, 0.15) is 28.8 Å². The van der Waals surface area contributed by atoms with Crippen molar-refractivity contribution < 1.29 is 33.7 Å². The second kappa shape index (κ2) is 8.50. The molecule has 0 spiro atoms. The number of nitrogens with zero attached hydrogens (tertiary/aromatic N) is 1. The quantitative estimate of drug-likeness (QED) is 0.346. The molecule has 164 valence electrons. The molecule has 3 aromatic rings. The summed E-state index contributed by atoms with van der Waals surface area (Å²) in [6, 6.07) is 13.3. The van der Waals surface area contributed by atoms with E-state index in [0.29, 0.717) is 17.1 Å². The van der Waals surface area contributed by atoms with E-state index in [1.807, 2.05) is 0 Å². The molecular weight excluding hydrogens is 414 g/mol. The molecule has 4 rings (SSSR count). The zero-order valence-corrected chi connectivity index (χ0v) is 17.4. The summed E-state index contributed by atoms with van der Waals surface area (Å²) in [5, 5.41) is 20.9. The van der Waals surface area contributed by atoms with E-state index in [9.17, 15) is 19.8 Å². The number of methoxy groups -OCH3 is 2. The van der Waals surface area contributed by atoms with E-state index >= 15 is 0 Å². The van der Waals surface area contributed by atoms with E-state index < -0.39 is 17.7 Å².